The molecule has 0 unspecified atom stereocenters. The number of methoxy groups -OCH3 is 2. The minimum atomic E-state index is -0.171. The quantitative estimate of drug-likeness (QED) is 0.759. The number of hydrogen-bond donors (Lipinski definition) is 0. The molecule has 5 heteroatoms. The van der Waals surface area contributed by atoms with Gasteiger partial charge in [0.05, 0.1) is 20.8 Å². The average Bonchev–Trinajstić information content (AvgIpc) is 2.48. The maximum Gasteiger partial charge on any atom is 0.319 e. The first kappa shape index (κ1) is 13.7. The van der Waals surface area contributed by atoms with E-state index in [0.29, 0.717) is 6.54 Å². The first-order valence-electron chi connectivity index (χ1n) is 6.41. The molecule has 1 fully saturated rings. The van der Waals surface area contributed by atoms with Crippen molar-refractivity contribution < 1.29 is 14.3 Å². The van der Waals surface area contributed by atoms with Crippen molar-refractivity contribution >= 4 is 11.7 Å². The molecule has 0 N–H and O–H groups in total. The Bertz CT molecular complexity index is 428. The Morgan fingerprint density at radius 2 is 1.95 bits per heavy atom. The zero-order chi connectivity index (χ0) is 13.7. The first-order chi connectivity index (χ1) is 9.22. The lowest BCUT2D eigenvalue weighted by Crippen LogP contribution is -2.48. The second-order valence-corrected chi connectivity index (χ2v) is 4.54. The zero-order valence-corrected chi connectivity index (χ0v) is 11.5. The van der Waals surface area contributed by atoms with Gasteiger partial charge in [0.1, 0.15) is 5.75 Å². The normalized spacial score (nSPS) is 16.2. The molecule has 0 bridgehead atoms. The van der Waals surface area contributed by atoms with Crippen molar-refractivity contribution in [2.24, 2.45) is 0 Å². The highest BCUT2D eigenvalue weighted by atomic mass is 16.5. The first-order valence-corrected chi connectivity index (χ1v) is 6.41. The van der Waals surface area contributed by atoms with Crippen LogP contribution < -0.4 is 9.64 Å². The summed E-state index contributed by atoms with van der Waals surface area (Å²) in [5, 5.41) is 0. The van der Waals surface area contributed by atoms with Crippen LogP contribution in [0.4, 0.5) is 5.69 Å². The summed E-state index contributed by atoms with van der Waals surface area (Å²) >= 11 is 0. The van der Waals surface area contributed by atoms with Gasteiger partial charge in [-0.3, -0.25) is 9.69 Å². The number of piperazine rings is 1. The van der Waals surface area contributed by atoms with Gasteiger partial charge in [0.2, 0.25) is 0 Å². The van der Waals surface area contributed by atoms with Crippen LogP contribution in [0.2, 0.25) is 0 Å². The highest BCUT2D eigenvalue weighted by Crippen LogP contribution is 2.21. The number of benzene rings is 1. The minimum Gasteiger partial charge on any atom is -0.497 e. The summed E-state index contributed by atoms with van der Waals surface area (Å²) in [4.78, 5) is 15.6. The van der Waals surface area contributed by atoms with Crippen molar-refractivity contribution in [3.63, 3.8) is 0 Å². The molecule has 5 nitrogen and oxygen atoms in total. The fourth-order valence-electron chi connectivity index (χ4n) is 2.22. The van der Waals surface area contributed by atoms with E-state index in [2.05, 4.69) is 20.6 Å². The molecule has 1 heterocycles. The molecule has 2 rings (SSSR count). The average molecular weight is 264 g/mol. The highest BCUT2D eigenvalue weighted by Gasteiger charge is 2.19. The Hall–Kier alpha value is -1.75. The summed E-state index contributed by atoms with van der Waals surface area (Å²) in [6, 6.07) is 8.06. The zero-order valence-electron chi connectivity index (χ0n) is 11.5. The molecule has 0 spiro atoms. The summed E-state index contributed by atoms with van der Waals surface area (Å²) < 4.78 is 9.92. The Balaban J connectivity index is 1.90. The molecule has 1 aliphatic rings. The van der Waals surface area contributed by atoms with Crippen LogP contribution in [0.5, 0.6) is 5.75 Å². The monoisotopic (exact) mass is 264 g/mol. The molecule has 0 saturated carbocycles. The van der Waals surface area contributed by atoms with Crippen molar-refractivity contribution in [3.8, 4) is 5.75 Å². The SMILES string of the molecule is COC(=O)CN1CCN(c2cccc(OC)c2)CC1. The van der Waals surface area contributed by atoms with Gasteiger partial charge in [0, 0.05) is 37.9 Å². The summed E-state index contributed by atoms with van der Waals surface area (Å²) in [7, 11) is 3.10. The van der Waals surface area contributed by atoms with Crippen LogP contribution in [0.25, 0.3) is 0 Å². The third-order valence-corrected chi connectivity index (χ3v) is 3.37. The predicted octanol–water partition coefficient (Wildman–Crippen LogP) is 0.990. The third-order valence-electron chi connectivity index (χ3n) is 3.37. The number of carbonyl (C=O) groups is 1. The largest absolute Gasteiger partial charge is 0.497 e. The molecule has 0 aliphatic carbocycles. The van der Waals surface area contributed by atoms with E-state index in [1.54, 1.807) is 7.11 Å². The van der Waals surface area contributed by atoms with Gasteiger partial charge < -0.3 is 14.4 Å². The van der Waals surface area contributed by atoms with Crippen molar-refractivity contribution in [2.45, 2.75) is 0 Å². The lowest BCUT2D eigenvalue weighted by Gasteiger charge is -2.35. The van der Waals surface area contributed by atoms with Gasteiger partial charge in [0.15, 0.2) is 0 Å². The molecule has 104 valence electrons. The number of rotatable bonds is 4. The van der Waals surface area contributed by atoms with Crippen molar-refractivity contribution in [2.75, 3.05) is 51.8 Å². The highest BCUT2D eigenvalue weighted by molar-refractivity contribution is 5.71. The molecule has 19 heavy (non-hydrogen) atoms. The van der Waals surface area contributed by atoms with Crippen molar-refractivity contribution in [1.29, 1.82) is 0 Å². The lowest BCUT2D eigenvalue weighted by molar-refractivity contribution is -0.142. The van der Waals surface area contributed by atoms with Crippen LogP contribution in [-0.2, 0) is 9.53 Å². The molecule has 1 aromatic rings. The molecular formula is C14H20N2O3. The van der Waals surface area contributed by atoms with Gasteiger partial charge in [-0.25, -0.2) is 0 Å². The van der Waals surface area contributed by atoms with Gasteiger partial charge >= 0.3 is 5.97 Å². The fourth-order valence-corrected chi connectivity index (χ4v) is 2.22. The maximum absolute atomic E-state index is 11.2. The van der Waals surface area contributed by atoms with E-state index in [-0.39, 0.29) is 5.97 Å². The molecule has 1 aromatic carbocycles. The van der Waals surface area contributed by atoms with Crippen LogP contribution in [-0.4, -0.2) is 57.8 Å². The second-order valence-electron chi connectivity index (χ2n) is 4.54. The van der Waals surface area contributed by atoms with E-state index in [1.807, 2.05) is 18.2 Å². The number of hydrogen-bond acceptors (Lipinski definition) is 5. The molecule has 0 amide bonds. The topological polar surface area (TPSA) is 42.0 Å². The van der Waals surface area contributed by atoms with Gasteiger partial charge in [-0.15, -0.1) is 0 Å². The Labute approximate surface area is 113 Å². The smallest absolute Gasteiger partial charge is 0.319 e. The molecule has 0 radical (unpaired) electrons. The molecule has 0 atom stereocenters. The second kappa shape index (κ2) is 6.43. The molecular weight excluding hydrogens is 244 g/mol. The number of anilines is 1. The summed E-state index contributed by atoms with van der Waals surface area (Å²) in [6.45, 7) is 3.93. The van der Waals surface area contributed by atoms with Gasteiger partial charge in [-0.1, -0.05) is 6.07 Å². The third kappa shape index (κ3) is 3.61. The molecule has 1 aliphatic heterocycles. The molecule has 1 saturated heterocycles. The van der Waals surface area contributed by atoms with Gasteiger partial charge in [-0.05, 0) is 12.1 Å². The Morgan fingerprint density at radius 3 is 2.58 bits per heavy atom. The number of ether oxygens (including phenoxy) is 2. The predicted molar refractivity (Wildman–Crippen MR) is 73.7 cm³/mol. The summed E-state index contributed by atoms with van der Waals surface area (Å²) in [5.41, 5.74) is 1.16. The molecule has 0 aromatic heterocycles. The van der Waals surface area contributed by atoms with E-state index in [0.717, 1.165) is 37.6 Å². The van der Waals surface area contributed by atoms with Crippen LogP contribution >= 0.6 is 0 Å². The number of nitrogens with zero attached hydrogens (tertiary/aromatic N) is 2. The van der Waals surface area contributed by atoms with Crippen molar-refractivity contribution in [3.05, 3.63) is 24.3 Å². The number of esters is 1. The van der Waals surface area contributed by atoms with E-state index in [9.17, 15) is 4.79 Å². The number of carbonyl (C=O) groups excluding carboxylic acids is 1. The summed E-state index contributed by atoms with van der Waals surface area (Å²) in [5.74, 6) is 0.698. The van der Waals surface area contributed by atoms with Crippen LogP contribution in [0.15, 0.2) is 24.3 Å². The van der Waals surface area contributed by atoms with E-state index in [1.165, 1.54) is 7.11 Å². The maximum atomic E-state index is 11.2. The van der Waals surface area contributed by atoms with E-state index < -0.39 is 0 Å². The Kier molecular flexibility index (Phi) is 4.63. The van der Waals surface area contributed by atoms with E-state index >= 15 is 0 Å². The van der Waals surface area contributed by atoms with Crippen LogP contribution in [0.3, 0.4) is 0 Å². The van der Waals surface area contributed by atoms with Gasteiger partial charge in [-0.2, -0.15) is 0 Å². The van der Waals surface area contributed by atoms with E-state index in [4.69, 9.17) is 4.74 Å². The summed E-state index contributed by atoms with van der Waals surface area (Å²) in [6.07, 6.45) is 0. The minimum absolute atomic E-state index is 0.171. The fraction of sp³-hybridized carbons (Fsp3) is 0.500. The van der Waals surface area contributed by atoms with Gasteiger partial charge in [0.25, 0.3) is 0 Å². The Morgan fingerprint density at radius 1 is 1.21 bits per heavy atom. The van der Waals surface area contributed by atoms with Crippen LogP contribution in [0, 0.1) is 0 Å². The lowest BCUT2D eigenvalue weighted by atomic mass is 10.2. The standard InChI is InChI=1S/C14H20N2O3/c1-18-13-5-3-4-12(10-13)16-8-6-15(7-9-16)11-14(17)19-2/h3-5,10H,6-9,11H2,1-2H3. The van der Waals surface area contributed by atoms with Crippen molar-refractivity contribution in [1.82, 2.24) is 4.90 Å². The van der Waals surface area contributed by atoms with Crippen LogP contribution in [0.1, 0.15) is 0 Å².